The lowest BCUT2D eigenvalue weighted by Gasteiger charge is -2.26. The second kappa shape index (κ2) is 6.86. The highest BCUT2D eigenvalue weighted by Crippen LogP contribution is 2.19. The summed E-state index contributed by atoms with van der Waals surface area (Å²) in [5, 5.41) is 14.8. The normalized spacial score (nSPS) is 21.2. The van der Waals surface area contributed by atoms with Crippen molar-refractivity contribution in [3.05, 3.63) is 16.1 Å². The molecular weight excluding hydrogens is 294 g/mol. The van der Waals surface area contributed by atoms with Crippen LogP contribution in [0.25, 0.3) is 0 Å². The molecule has 2 N–H and O–H groups in total. The molecule has 1 aliphatic heterocycles. The number of aryl methyl sites for hydroxylation is 1. The SMILES string of the molecule is Cc1csc(CCNC(=O)N(C)C2COCC2C(=O)O)n1. The van der Waals surface area contributed by atoms with E-state index in [1.54, 1.807) is 18.4 Å². The van der Waals surface area contributed by atoms with Gasteiger partial charge in [0.25, 0.3) is 0 Å². The van der Waals surface area contributed by atoms with Crippen LogP contribution in [0, 0.1) is 12.8 Å². The van der Waals surface area contributed by atoms with Gasteiger partial charge in [0.05, 0.1) is 24.3 Å². The number of carbonyl (C=O) groups is 2. The number of carboxylic acids is 1. The zero-order valence-corrected chi connectivity index (χ0v) is 12.9. The minimum absolute atomic E-state index is 0.149. The van der Waals surface area contributed by atoms with Gasteiger partial charge in [0.1, 0.15) is 5.92 Å². The predicted octanol–water partition coefficient (Wildman–Crippen LogP) is 0.735. The van der Waals surface area contributed by atoms with Gasteiger partial charge in [0.15, 0.2) is 0 Å². The first-order chi connectivity index (χ1) is 9.99. The van der Waals surface area contributed by atoms with E-state index in [0.29, 0.717) is 13.0 Å². The zero-order chi connectivity index (χ0) is 15.4. The molecule has 8 heteroatoms. The fourth-order valence-electron chi connectivity index (χ4n) is 2.23. The summed E-state index contributed by atoms with van der Waals surface area (Å²) in [5.41, 5.74) is 0.978. The maximum Gasteiger partial charge on any atom is 0.317 e. The van der Waals surface area contributed by atoms with Crippen LogP contribution in [0.5, 0.6) is 0 Å². The number of thiazole rings is 1. The highest BCUT2D eigenvalue weighted by Gasteiger charge is 2.38. The number of carboxylic acid groups (broad SMARTS) is 1. The number of likely N-dealkylation sites (N-methyl/N-ethyl adjacent to an activating group) is 1. The summed E-state index contributed by atoms with van der Waals surface area (Å²) >= 11 is 1.57. The fourth-order valence-corrected chi connectivity index (χ4v) is 3.01. The Hall–Kier alpha value is -1.67. The Bertz CT molecular complexity index is 519. The van der Waals surface area contributed by atoms with E-state index in [2.05, 4.69) is 10.3 Å². The Morgan fingerprint density at radius 1 is 1.57 bits per heavy atom. The Morgan fingerprint density at radius 3 is 2.95 bits per heavy atom. The molecule has 0 spiro atoms. The number of ether oxygens (including phenoxy) is 1. The molecule has 0 aromatic carbocycles. The van der Waals surface area contributed by atoms with Gasteiger partial charge in [-0.3, -0.25) is 4.79 Å². The third-order valence-corrected chi connectivity index (χ3v) is 4.49. The fraction of sp³-hybridized carbons (Fsp3) is 0.615. The quantitative estimate of drug-likeness (QED) is 0.836. The minimum Gasteiger partial charge on any atom is -0.481 e. The van der Waals surface area contributed by atoms with Crippen molar-refractivity contribution in [2.75, 3.05) is 26.8 Å². The molecule has 1 aromatic rings. The average molecular weight is 313 g/mol. The van der Waals surface area contributed by atoms with E-state index in [1.807, 2.05) is 12.3 Å². The van der Waals surface area contributed by atoms with Crippen LogP contribution < -0.4 is 5.32 Å². The lowest BCUT2D eigenvalue weighted by atomic mass is 10.0. The number of rotatable bonds is 5. The molecule has 0 saturated carbocycles. The molecule has 0 bridgehead atoms. The van der Waals surface area contributed by atoms with Crippen molar-refractivity contribution in [1.29, 1.82) is 0 Å². The number of aromatic nitrogens is 1. The number of aliphatic carboxylic acids is 1. The van der Waals surface area contributed by atoms with Gasteiger partial charge in [-0.15, -0.1) is 11.3 Å². The summed E-state index contributed by atoms with van der Waals surface area (Å²) in [6, 6.07) is -0.713. The second-order valence-corrected chi connectivity index (χ2v) is 5.97. The summed E-state index contributed by atoms with van der Waals surface area (Å²) in [6.07, 6.45) is 0.668. The van der Waals surface area contributed by atoms with Gasteiger partial charge in [0.2, 0.25) is 0 Å². The van der Waals surface area contributed by atoms with Crippen LogP contribution in [0.2, 0.25) is 0 Å². The van der Waals surface area contributed by atoms with Crippen LogP contribution in [-0.4, -0.2) is 59.8 Å². The summed E-state index contributed by atoms with van der Waals surface area (Å²) in [5.74, 6) is -1.60. The molecule has 116 valence electrons. The van der Waals surface area contributed by atoms with E-state index in [4.69, 9.17) is 9.84 Å². The molecule has 2 atom stereocenters. The molecule has 1 saturated heterocycles. The lowest BCUT2D eigenvalue weighted by molar-refractivity contribution is -0.142. The smallest absolute Gasteiger partial charge is 0.317 e. The Labute approximate surface area is 126 Å². The molecular formula is C13H19N3O4S. The molecule has 2 unspecified atom stereocenters. The predicted molar refractivity (Wildman–Crippen MR) is 77.4 cm³/mol. The minimum atomic E-state index is -0.935. The van der Waals surface area contributed by atoms with E-state index in [0.717, 1.165) is 10.7 Å². The van der Waals surface area contributed by atoms with E-state index in [-0.39, 0.29) is 19.2 Å². The van der Waals surface area contributed by atoms with Gasteiger partial charge in [-0.05, 0) is 6.92 Å². The number of urea groups is 1. The van der Waals surface area contributed by atoms with Crippen molar-refractivity contribution in [3.63, 3.8) is 0 Å². The largest absolute Gasteiger partial charge is 0.481 e. The maximum absolute atomic E-state index is 12.0. The summed E-state index contributed by atoms with van der Waals surface area (Å²) in [4.78, 5) is 28.9. The first-order valence-electron chi connectivity index (χ1n) is 6.71. The van der Waals surface area contributed by atoms with Crippen LogP contribution in [0.1, 0.15) is 10.7 Å². The molecule has 2 heterocycles. The molecule has 0 aliphatic carbocycles. The number of nitrogens with zero attached hydrogens (tertiary/aromatic N) is 2. The Morgan fingerprint density at radius 2 is 2.33 bits per heavy atom. The molecule has 2 amide bonds. The van der Waals surface area contributed by atoms with E-state index in [9.17, 15) is 9.59 Å². The third kappa shape index (κ3) is 3.92. The first kappa shape index (κ1) is 15.7. The number of amides is 2. The maximum atomic E-state index is 12.0. The third-order valence-electron chi connectivity index (χ3n) is 3.47. The standard InChI is InChI=1S/C13H19N3O4S/c1-8-7-21-11(15-8)3-4-14-13(19)16(2)10-6-20-5-9(10)12(17)18/h7,9-10H,3-6H2,1-2H3,(H,14,19)(H,17,18). The number of hydrogen-bond acceptors (Lipinski definition) is 5. The van der Waals surface area contributed by atoms with Crippen molar-refractivity contribution >= 4 is 23.3 Å². The van der Waals surface area contributed by atoms with Crippen molar-refractivity contribution in [2.45, 2.75) is 19.4 Å². The topological polar surface area (TPSA) is 91.8 Å². The van der Waals surface area contributed by atoms with Crippen molar-refractivity contribution in [2.24, 2.45) is 5.92 Å². The van der Waals surface area contributed by atoms with Crippen LogP contribution >= 0.6 is 11.3 Å². The molecule has 0 radical (unpaired) electrons. The summed E-state index contributed by atoms with van der Waals surface area (Å²) in [7, 11) is 1.60. The zero-order valence-electron chi connectivity index (χ0n) is 12.0. The van der Waals surface area contributed by atoms with Crippen molar-refractivity contribution in [1.82, 2.24) is 15.2 Å². The summed E-state index contributed by atoms with van der Waals surface area (Å²) in [6.45, 7) is 2.81. The Kier molecular flexibility index (Phi) is 5.13. The van der Waals surface area contributed by atoms with E-state index in [1.165, 1.54) is 4.90 Å². The molecule has 2 rings (SSSR count). The van der Waals surface area contributed by atoms with Crippen LogP contribution in [-0.2, 0) is 16.0 Å². The molecule has 7 nitrogen and oxygen atoms in total. The number of carbonyl (C=O) groups excluding carboxylic acids is 1. The first-order valence-corrected chi connectivity index (χ1v) is 7.59. The van der Waals surface area contributed by atoms with E-state index < -0.39 is 17.9 Å². The van der Waals surface area contributed by atoms with Gasteiger partial charge in [-0.2, -0.15) is 0 Å². The highest BCUT2D eigenvalue weighted by molar-refractivity contribution is 7.09. The molecule has 1 aliphatic rings. The Balaban J connectivity index is 1.81. The van der Waals surface area contributed by atoms with Crippen molar-refractivity contribution < 1.29 is 19.4 Å². The van der Waals surface area contributed by atoms with E-state index >= 15 is 0 Å². The van der Waals surface area contributed by atoms with Gasteiger partial charge >= 0.3 is 12.0 Å². The molecule has 1 fully saturated rings. The van der Waals surface area contributed by atoms with Gasteiger partial charge in [-0.1, -0.05) is 0 Å². The van der Waals surface area contributed by atoms with Crippen molar-refractivity contribution in [3.8, 4) is 0 Å². The highest BCUT2D eigenvalue weighted by atomic mass is 32.1. The van der Waals surface area contributed by atoms with Crippen LogP contribution in [0.4, 0.5) is 4.79 Å². The van der Waals surface area contributed by atoms with Gasteiger partial charge in [-0.25, -0.2) is 9.78 Å². The monoisotopic (exact) mass is 313 g/mol. The van der Waals surface area contributed by atoms with Gasteiger partial charge in [0, 0.05) is 31.1 Å². The molecule has 1 aromatic heterocycles. The van der Waals surface area contributed by atoms with Gasteiger partial charge < -0.3 is 20.1 Å². The van der Waals surface area contributed by atoms with Crippen LogP contribution in [0.3, 0.4) is 0 Å². The summed E-state index contributed by atoms with van der Waals surface area (Å²) < 4.78 is 5.17. The number of hydrogen-bond donors (Lipinski definition) is 2. The van der Waals surface area contributed by atoms with Crippen LogP contribution in [0.15, 0.2) is 5.38 Å². The molecule has 21 heavy (non-hydrogen) atoms. The average Bonchev–Trinajstić information content (AvgIpc) is 3.06. The lowest BCUT2D eigenvalue weighted by Crippen LogP contribution is -2.48. The second-order valence-electron chi connectivity index (χ2n) is 5.02. The number of nitrogens with one attached hydrogen (secondary N) is 1.